The molecule has 2 nitrogen and oxygen atoms in total. The van der Waals surface area contributed by atoms with Crippen molar-refractivity contribution in [2.75, 3.05) is 0 Å². The zero-order chi connectivity index (χ0) is 7.68. The first-order valence-electron chi connectivity index (χ1n) is 4.60. The lowest BCUT2D eigenvalue weighted by Gasteiger charge is -2.33. The highest BCUT2D eigenvalue weighted by atomic mass is 16.1. The molecule has 2 unspecified atom stereocenters. The molecule has 1 aliphatic carbocycles. The van der Waals surface area contributed by atoms with Crippen molar-refractivity contribution in [1.29, 1.82) is 0 Å². The molecule has 0 spiro atoms. The van der Waals surface area contributed by atoms with Gasteiger partial charge in [0.2, 0.25) is 5.91 Å². The van der Waals surface area contributed by atoms with Gasteiger partial charge in [-0.15, -0.1) is 0 Å². The fourth-order valence-corrected chi connectivity index (χ4v) is 2.25. The predicted molar refractivity (Wildman–Crippen MR) is 42.1 cm³/mol. The van der Waals surface area contributed by atoms with Crippen LogP contribution in [0.1, 0.15) is 38.5 Å². The molecule has 2 fully saturated rings. The van der Waals surface area contributed by atoms with Crippen LogP contribution in [0.4, 0.5) is 0 Å². The molecular formula is C9H14NO. The number of rotatable bonds is 0. The Hall–Kier alpha value is -0.530. The fraction of sp³-hybridized carbons (Fsp3) is 0.889. The van der Waals surface area contributed by atoms with Crippen molar-refractivity contribution in [2.45, 2.75) is 44.6 Å². The van der Waals surface area contributed by atoms with E-state index in [9.17, 15) is 4.79 Å². The summed E-state index contributed by atoms with van der Waals surface area (Å²) in [5.74, 6) is 0.898. The minimum absolute atomic E-state index is 0.146. The van der Waals surface area contributed by atoms with Crippen LogP contribution in [0.15, 0.2) is 0 Å². The summed E-state index contributed by atoms with van der Waals surface area (Å²) in [4.78, 5) is 11.0. The van der Waals surface area contributed by atoms with E-state index in [-0.39, 0.29) is 5.91 Å². The van der Waals surface area contributed by atoms with Crippen LogP contribution >= 0.6 is 0 Å². The van der Waals surface area contributed by atoms with Crippen molar-refractivity contribution in [2.24, 2.45) is 5.92 Å². The normalized spacial score (nSPS) is 37.6. The molecule has 1 amide bonds. The Kier molecular flexibility index (Phi) is 1.84. The van der Waals surface area contributed by atoms with Gasteiger partial charge in [0.25, 0.3) is 0 Å². The van der Waals surface area contributed by atoms with Gasteiger partial charge in [-0.05, 0) is 25.2 Å². The molecule has 0 aromatic rings. The van der Waals surface area contributed by atoms with Gasteiger partial charge in [0.05, 0.1) is 6.04 Å². The van der Waals surface area contributed by atoms with Gasteiger partial charge in [0, 0.05) is 6.42 Å². The molecule has 61 valence electrons. The molecule has 2 aliphatic rings. The first-order valence-corrected chi connectivity index (χ1v) is 4.60. The van der Waals surface area contributed by atoms with E-state index in [1.54, 1.807) is 0 Å². The molecule has 0 bridgehead atoms. The summed E-state index contributed by atoms with van der Waals surface area (Å²) < 4.78 is 0. The van der Waals surface area contributed by atoms with Crippen LogP contribution in [0.2, 0.25) is 0 Å². The van der Waals surface area contributed by atoms with E-state index >= 15 is 0 Å². The van der Waals surface area contributed by atoms with Crippen molar-refractivity contribution >= 4 is 5.91 Å². The number of hydrogen-bond acceptors (Lipinski definition) is 1. The van der Waals surface area contributed by atoms with Gasteiger partial charge in [-0.3, -0.25) is 4.79 Å². The smallest absolute Gasteiger partial charge is 0.241 e. The number of amides is 1. The van der Waals surface area contributed by atoms with Crippen molar-refractivity contribution < 1.29 is 4.79 Å². The number of nitrogens with zero attached hydrogens (tertiary/aromatic N) is 1. The van der Waals surface area contributed by atoms with E-state index in [1.807, 2.05) is 0 Å². The summed E-state index contributed by atoms with van der Waals surface area (Å²) in [6.07, 6.45) is 6.91. The standard InChI is InChI=1S/C9H14NO/c11-9-6-5-7-3-1-2-4-8(7)10-9/h7-8H,1-6H2. The molecule has 2 atom stereocenters. The monoisotopic (exact) mass is 152 g/mol. The summed E-state index contributed by atoms with van der Waals surface area (Å²) in [7, 11) is 0. The second-order valence-electron chi connectivity index (χ2n) is 3.67. The average molecular weight is 152 g/mol. The van der Waals surface area contributed by atoms with Gasteiger partial charge in [-0.1, -0.05) is 12.8 Å². The van der Waals surface area contributed by atoms with Crippen molar-refractivity contribution in [1.82, 2.24) is 5.32 Å². The van der Waals surface area contributed by atoms with E-state index in [4.69, 9.17) is 0 Å². The first kappa shape index (κ1) is 7.14. The summed E-state index contributed by atoms with van der Waals surface area (Å²) in [6, 6.07) is 0.407. The summed E-state index contributed by atoms with van der Waals surface area (Å²) in [5.41, 5.74) is 0. The van der Waals surface area contributed by atoms with Crippen LogP contribution in [0, 0.1) is 5.92 Å². The second-order valence-corrected chi connectivity index (χ2v) is 3.67. The molecule has 1 saturated heterocycles. The maximum Gasteiger partial charge on any atom is 0.241 e. The van der Waals surface area contributed by atoms with Crippen LogP contribution in [0.5, 0.6) is 0 Å². The Bertz CT molecular complexity index is 167. The summed E-state index contributed by atoms with van der Waals surface area (Å²) in [6.45, 7) is 0. The molecule has 0 aromatic heterocycles. The number of piperidine rings is 1. The minimum atomic E-state index is 0.146. The lowest BCUT2D eigenvalue weighted by molar-refractivity contribution is -0.125. The van der Waals surface area contributed by atoms with Gasteiger partial charge in [0.15, 0.2) is 0 Å². The Morgan fingerprint density at radius 3 is 2.91 bits per heavy atom. The van der Waals surface area contributed by atoms with E-state index in [1.165, 1.54) is 19.3 Å². The maximum atomic E-state index is 11.0. The minimum Gasteiger partial charge on any atom is -0.273 e. The molecule has 0 aromatic carbocycles. The Morgan fingerprint density at radius 1 is 1.18 bits per heavy atom. The number of hydrogen-bond donors (Lipinski definition) is 0. The number of fused-ring (bicyclic) bond motifs is 1. The summed E-state index contributed by atoms with van der Waals surface area (Å²) >= 11 is 0. The third-order valence-electron chi connectivity index (χ3n) is 2.91. The highest BCUT2D eigenvalue weighted by Gasteiger charge is 2.31. The second kappa shape index (κ2) is 2.84. The quantitative estimate of drug-likeness (QED) is 0.517. The van der Waals surface area contributed by atoms with Gasteiger partial charge < -0.3 is 0 Å². The molecule has 0 N–H and O–H groups in total. The highest BCUT2D eigenvalue weighted by molar-refractivity contribution is 5.76. The Balaban J connectivity index is 1.98. The summed E-state index contributed by atoms with van der Waals surface area (Å²) in [5, 5.41) is 4.17. The zero-order valence-corrected chi connectivity index (χ0v) is 6.75. The first-order chi connectivity index (χ1) is 5.36. The maximum absolute atomic E-state index is 11.0. The zero-order valence-electron chi connectivity index (χ0n) is 6.75. The molecular weight excluding hydrogens is 138 g/mol. The highest BCUT2D eigenvalue weighted by Crippen LogP contribution is 2.31. The van der Waals surface area contributed by atoms with E-state index in [0.29, 0.717) is 12.5 Å². The third kappa shape index (κ3) is 1.39. The van der Waals surface area contributed by atoms with Crippen LogP contribution < -0.4 is 5.32 Å². The van der Waals surface area contributed by atoms with Crippen molar-refractivity contribution in [3.63, 3.8) is 0 Å². The lowest BCUT2D eigenvalue weighted by Crippen LogP contribution is -2.41. The topological polar surface area (TPSA) is 31.2 Å². The molecule has 1 heterocycles. The van der Waals surface area contributed by atoms with E-state index in [2.05, 4.69) is 5.32 Å². The van der Waals surface area contributed by atoms with Crippen molar-refractivity contribution in [3.8, 4) is 0 Å². The molecule has 2 heteroatoms. The van der Waals surface area contributed by atoms with E-state index in [0.717, 1.165) is 18.8 Å². The predicted octanol–water partition coefficient (Wildman–Crippen LogP) is 1.47. The lowest BCUT2D eigenvalue weighted by atomic mass is 9.79. The average Bonchev–Trinajstić information content (AvgIpc) is 2.04. The molecule has 11 heavy (non-hydrogen) atoms. The van der Waals surface area contributed by atoms with Crippen LogP contribution in [0.3, 0.4) is 0 Å². The van der Waals surface area contributed by atoms with Crippen LogP contribution in [-0.4, -0.2) is 11.9 Å². The van der Waals surface area contributed by atoms with Crippen LogP contribution in [-0.2, 0) is 4.79 Å². The SMILES string of the molecule is O=C1CCC2CCCCC2[N]1. The molecule has 1 radical (unpaired) electrons. The van der Waals surface area contributed by atoms with Gasteiger partial charge in [0.1, 0.15) is 0 Å². The molecule has 1 saturated carbocycles. The number of carbonyl (C=O) groups is 1. The number of carbonyl (C=O) groups excluding carboxylic acids is 1. The third-order valence-corrected chi connectivity index (χ3v) is 2.91. The van der Waals surface area contributed by atoms with E-state index < -0.39 is 0 Å². The van der Waals surface area contributed by atoms with Gasteiger partial charge >= 0.3 is 0 Å². The Morgan fingerprint density at radius 2 is 2.00 bits per heavy atom. The molecule has 1 aliphatic heterocycles. The molecule has 2 rings (SSSR count). The Labute approximate surface area is 67.4 Å². The van der Waals surface area contributed by atoms with Gasteiger partial charge in [-0.2, -0.15) is 0 Å². The van der Waals surface area contributed by atoms with Crippen LogP contribution in [0.25, 0.3) is 0 Å². The largest absolute Gasteiger partial charge is 0.273 e. The fourth-order valence-electron chi connectivity index (χ4n) is 2.25. The van der Waals surface area contributed by atoms with Crippen molar-refractivity contribution in [3.05, 3.63) is 0 Å². The van der Waals surface area contributed by atoms with Gasteiger partial charge in [-0.25, -0.2) is 5.32 Å².